The molecule has 1 aliphatic carbocycles. The fourth-order valence-electron chi connectivity index (χ4n) is 2.74. The van der Waals surface area contributed by atoms with Crippen LogP contribution in [0.2, 0.25) is 0 Å². The fraction of sp³-hybridized carbons (Fsp3) is 0.533. The molecule has 1 aromatic heterocycles. The van der Waals surface area contributed by atoms with Gasteiger partial charge in [-0.15, -0.1) is 5.10 Å². The predicted octanol–water partition coefficient (Wildman–Crippen LogP) is 3.64. The van der Waals surface area contributed by atoms with Crippen LogP contribution in [0.15, 0.2) is 29.4 Å². The van der Waals surface area contributed by atoms with Gasteiger partial charge in [0.15, 0.2) is 0 Å². The Balaban J connectivity index is 1.70. The van der Waals surface area contributed by atoms with Crippen LogP contribution < -0.4 is 0 Å². The molecule has 0 N–H and O–H groups in total. The van der Waals surface area contributed by atoms with Crippen molar-refractivity contribution in [1.82, 2.24) is 20.2 Å². The van der Waals surface area contributed by atoms with Crippen LogP contribution in [0.4, 0.5) is 0 Å². The molecule has 1 aliphatic rings. The molecule has 0 radical (unpaired) electrons. The van der Waals surface area contributed by atoms with E-state index in [4.69, 9.17) is 0 Å². The summed E-state index contributed by atoms with van der Waals surface area (Å²) in [6.45, 7) is 2.09. The summed E-state index contributed by atoms with van der Waals surface area (Å²) in [5.74, 6) is 1.96. The molecule has 1 aromatic carbocycles. The van der Waals surface area contributed by atoms with Gasteiger partial charge in [-0.05, 0) is 53.8 Å². The number of hydrogen-bond acceptors (Lipinski definition) is 4. The van der Waals surface area contributed by atoms with Crippen LogP contribution in [-0.2, 0) is 0 Å². The largest absolute Gasteiger partial charge is 0.214 e. The van der Waals surface area contributed by atoms with Crippen molar-refractivity contribution in [2.75, 3.05) is 5.75 Å². The van der Waals surface area contributed by atoms with E-state index >= 15 is 0 Å². The zero-order valence-electron chi connectivity index (χ0n) is 11.8. The Morgan fingerprint density at radius 3 is 2.90 bits per heavy atom. The molecule has 0 saturated heterocycles. The number of aryl methyl sites for hydroxylation is 1. The van der Waals surface area contributed by atoms with Gasteiger partial charge < -0.3 is 0 Å². The summed E-state index contributed by atoms with van der Waals surface area (Å²) in [5, 5.41) is 13.0. The molecule has 3 rings (SSSR count). The Morgan fingerprint density at radius 2 is 2.10 bits per heavy atom. The van der Waals surface area contributed by atoms with Gasteiger partial charge in [-0.2, -0.15) is 4.68 Å². The maximum absolute atomic E-state index is 4.17. The third-order valence-electron chi connectivity index (χ3n) is 3.86. The van der Waals surface area contributed by atoms with Gasteiger partial charge in [0.25, 0.3) is 0 Å². The number of nitrogens with zero attached hydrogens (tertiary/aromatic N) is 4. The second-order valence-electron chi connectivity index (χ2n) is 5.53. The van der Waals surface area contributed by atoms with Crippen LogP contribution in [0.1, 0.15) is 37.7 Å². The Morgan fingerprint density at radius 1 is 1.25 bits per heavy atom. The summed E-state index contributed by atoms with van der Waals surface area (Å²) in [5.41, 5.74) is 2.27. The summed E-state index contributed by atoms with van der Waals surface area (Å²) in [7, 11) is 0. The number of rotatable bonds is 4. The van der Waals surface area contributed by atoms with Crippen LogP contribution in [0.3, 0.4) is 0 Å². The van der Waals surface area contributed by atoms with Crippen LogP contribution in [0, 0.1) is 12.8 Å². The van der Waals surface area contributed by atoms with Gasteiger partial charge >= 0.3 is 0 Å². The quantitative estimate of drug-likeness (QED) is 0.806. The van der Waals surface area contributed by atoms with E-state index in [1.165, 1.54) is 37.7 Å². The number of hydrogen-bond donors (Lipinski definition) is 0. The molecule has 106 valence electrons. The first-order chi connectivity index (χ1) is 9.83. The lowest BCUT2D eigenvalue weighted by atomic mass is 9.91. The lowest BCUT2D eigenvalue weighted by Crippen LogP contribution is -2.09. The van der Waals surface area contributed by atoms with E-state index in [1.54, 1.807) is 11.8 Å². The van der Waals surface area contributed by atoms with E-state index in [-0.39, 0.29) is 0 Å². The highest BCUT2D eigenvalue weighted by atomic mass is 32.2. The average molecular weight is 288 g/mol. The van der Waals surface area contributed by atoms with Gasteiger partial charge in [0, 0.05) is 5.75 Å². The minimum atomic E-state index is 0.830. The normalized spacial score (nSPS) is 16.4. The second kappa shape index (κ2) is 6.39. The standard InChI is InChI=1S/C15H20N4S/c1-12-6-5-9-14(10-12)19-15(16-17-18-19)20-11-13-7-3-2-4-8-13/h5-6,9-10,13H,2-4,7-8,11H2,1H3. The van der Waals surface area contributed by atoms with Gasteiger partial charge in [0.05, 0.1) is 5.69 Å². The monoisotopic (exact) mass is 288 g/mol. The van der Waals surface area contributed by atoms with Crippen molar-refractivity contribution in [2.24, 2.45) is 5.92 Å². The molecule has 0 bridgehead atoms. The Hall–Kier alpha value is -1.36. The van der Waals surface area contributed by atoms with Crippen LogP contribution >= 0.6 is 11.8 Å². The molecule has 5 heteroatoms. The van der Waals surface area contributed by atoms with E-state index in [0.29, 0.717) is 0 Å². The van der Waals surface area contributed by atoms with Gasteiger partial charge in [0.2, 0.25) is 5.16 Å². The molecule has 0 amide bonds. The van der Waals surface area contributed by atoms with E-state index < -0.39 is 0 Å². The minimum absolute atomic E-state index is 0.830. The average Bonchev–Trinajstić information content (AvgIpc) is 2.95. The lowest BCUT2D eigenvalue weighted by molar-refractivity contribution is 0.390. The predicted molar refractivity (Wildman–Crippen MR) is 81.2 cm³/mol. The Kier molecular flexibility index (Phi) is 4.35. The summed E-state index contributed by atoms with van der Waals surface area (Å²) in [4.78, 5) is 0. The highest BCUT2D eigenvalue weighted by Gasteiger charge is 2.16. The molecule has 1 heterocycles. The molecule has 1 saturated carbocycles. The third-order valence-corrected chi connectivity index (χ3v) is 5.01. The Bertz CT molecular complexity index is 561. The summed E-state index contributed by atoms with van der Waals surface area (Å²) in [6.07, 6.45) is 6.89. The van der Waals surface area contributed by atoms with Crippen LogP contribution in [0.25, 0.3) is 5.69 Å². The van der Waals surface area contributed by atoms with E-state index in [0.717, 1.165) is 22.5 Å². The molecule has 0 atom stereocenters. The molecule has 1 fully saturated rings. The first-order valence-corrected chi connectivity index (χ1v) is 8.30. The van der Waals surface area contributed by atoms with E-state index in [1.807, 2.05) is 16.8 Å². The maximum atomic E-state index is 4.17. The van der Waals surface area contributed by atoms with Crippen molar-refractivity contribution < 1.29 is 0 Å². The van der Waals surface area contributed by atoms with Crippen molar-refractivity contribution in [3.8, 4) is 5.69 Å². The summed E-state index contributed by atoms with van der Waals surface area (Å²) >= 11 is 1.79. The minimum Gasteiger partial charge on any atom is -0.188 e. The van der Waals surface area contributed by atoms with E-state index in [2.05, 4.69) is 34.6 Å². The number of tetrazole rings is 1. The highest BCUT2D eigenvalue weighted by molar-refractivity contribution is 7.99. The van der Waals surface area contributed by atoms with Crippen molar-refractivity contribution in [3.63, 3.8) is 0 Å². The van der Waals surface area contributed by atoms with Gasteiger partial charge in [-0.25, -0.2) is 0 Å². The molecule has 4 nitrogen and oxygen atoms in total. The number of thioether (sulfide) groups is 1. The topological polar surface area (TPSA) is 43.6 Å². The summed E-state index contributed by atoms with van der Waals surface area (Å²) < 4.78 is 1.85. The molecule has 2 aromatic rings. The number of aromatic nitrogens is 4. The zero-order valence-corrected chi connectivity index (χ0v) is 12.6. The first kappa shape index (κ1) is 13.6. The maximum Gasteiger partial charge on any atom is 0.214 e. The SMILES string of the molecule is Cc1cccc(-n2nnnc2SCC2CCCCC2)c1. The number of benzene rings is 1. The van der Waals surface area contributed by atoms with Crippen LogP contribution in [0.5, 0.6) is 0 Å². The Labute approximate surface area is 124 Å². The van der Waals surface area contributed by atoms with Crippen molar-refractivity contribution in [1.29, 1.82) is 0 Å². The second-order valence-corrected chi connectivity index (χ2v) is 6.51. The molecule has 0 unspecified atom stereocenters. The molecule has 0 spiro atoms. The van der Waals surface area contributed by atoms with Crippen LogP contribution in [-0.4, -0.2) is 26.0 Å². The van der Waals surface area contributed by atoms with Gasteiger partial charge in [0.1, 0.15) is 0 Å². The van der Waals surface area contributed by atoms with Crippen molar-refractivity contribution in [3.05, 3.63) is 29.8 Å². The molecular formula is C15H20N4S. The third kappa shape index (κ3) is 3.20. The van der Waals surface area contributed by atoms with Gasteiger partial charge in [-0.3, -0.25) is 0 Å². The molecule has 0 aliphatic heterocycles. The van der Waals surface area contributed by atoms with E-state index in [9.17, 15) is 0 Å². The van der Waals surface area contributed by atoms with Crippen molar-refractivity contribution >= 4 is 11.8 Å². The smallest absolute Gasteiger partial charge is 0.188 e. The lowest BCUT2D eigenvalue weighted by Gasteiger charge is -2.20. The molecule has 20 heavy (non-hydrogen) atoms. The molecular weight excluding hydrogens is 268 g/mol. The summed E-state index contributed by atoms with van der Waals surface area (Å²) in [6, 6.07) is 8.29. The van der Waals surface area contributed by atoms with Gasteiger partial charge in [-0.1, -0.05) is 43.2 Å². The highest BCUT2D eigenvalue weighted by Crippen LogP contribution is 2.29. The zero-order chi connectivity index (χ0) is 13.8. The first-order valence-electron chi connectivity index (χ1n) is 7.31. The van der Waals surface area contributed by atoms with Crippen molar-refractivity contribution in [2.45, 2.75) is 44.2 Å². The fourth-order valence-corrected chi connectivity index (χ4v) is 3.81.